The highest BCUT2D eigenvalue weighted by atomic mass is 16.2. The Kier molecular flexibility index (Phi) is 3.67. The van der Waals surface area contributed by atoms with Crippen LogP contribution in [0.1, 0.15) is 31.2 Å². The van der Waals surface area contributed by atoms with Gasteiger partial charge in [-0.1, -0.05) is 37.3 Å². The Morgan fingerprint density at radius 2 is 1.74 bits per heavy atom. The smallest absolute Gasteiger partial charge is 0.322 e. The van der Waals surface area contributed by atoms with Crippen LogP contribution in [0.15, 0.2) is 39.9 Å². The van der Waals surface area contributed by atoms with Crippen molar-refractivity contribution in [1.29, 1.82) is 0 Å². The Hall–Kier alpha value is -2.63. The maximum atomic E-state index is 12.5. The highest BCUT2D eigenvalue weighted by Crippen LogP contribution is 2.25. The number of hydrogen-bond donors (Lipinski definition) is 0. The van der Waals surface area contributed by atoms with Gasteiger partial charge < -0.3 is 4.57 Å². The minimum absolute atomic E-state index is 0.0309. The summed E-state index contributed by atoms with van der Waals surface area (Å²) in [6, 6.07) is 10.0. The summed E-state index contributed by atoms with van der Waals surface area (Å²) in [5.41, 5.74) is 1.39. The molecule has 0 amide bonds. The molecule has 1 atom stereocenters. The number of fused-ring (bicyclic) bond motifs is 1. The van der Waals surface area contributed by atoms with E-state index in [0.29, 0.717) is 17.7 Å². The predicted molar refractivity (Wildman–Crippen MR) is 89.8 cm³/mol. The van der Waals surface area contributed by atoms with Gasteiger partial charge in [0, 0.05) is 26.6 Å². The van der Waals surface area contributed by atoms with Gasteiger partial charge in [0.25, 0.3) is 5.56 Å². The Bertz CT molecular complexity index is 980. The van der Waals surface area contributed by atoms with Crippen LogP contribution >= 0.6 is 0 Å². The Balaban J connectivity index is 2.36. The molecule has 0 N–H and O–H groups in total. The lowest BCUT2D eigenvalue weighted by molar-refractivity contribution is 0.676. The lowest BCUT2D eigenvalue weighted by Gasteiger charge is -2.13. The molecule has 120 valence electrons. The fourth-order valence-corrected chi connectivity index (χ4v) is 3.00. The molecule has 0 saturated heterocycles. The largest absolute Gasteiger partial charge is 0.332 e. The molecule has 23 heavy (non-hydrogen) atoms. The molecular weight excluding hydrogens is 292 g/mol. The summed E-state index contributed by atoms with van der Waals surface area (Å²) in [6.07, 6.45) is 0. The summed E-state index contributed by atoms with van der Waals surface area (Å²) in [7, 11) is 3.14. The minimum Gasteiger partial charge on any atom is -0.322 e. The van der Waals surface area contributed by atoms with E-state index in [-0.39, 0.29) is 17.2 Å². The molecule has 0 aliphatic carbocycles. The van der Waals surface area contributed by atoms with Crippen LogP contribution in [0.4, 0.5) is 0 Å². The quantitative estimate of drug-likeness (QED) is 0.738. The van der Waals surface area contributed by atoms with E-state index >= 15 is 0 Å². The predicted octanol–water partition coefficient (Wildman–Crippen LogP) is 1.61. The molecule has 3 rings (SSSR count). The van der Waals surface area contributed by atoms with Crippen LogP contribution in [-0.4, -0.2) is 18.7 Å². The maximum absolute atomic E-state index is 12.5. The molecule has 3 aromatic rings. The second-order valence-electron chi connectivity index (χ2n) is 5.72. The minimum atomic E-state index is -0.359. The molecule has 0 spiro atoms. The van der Waals surface area contributed by atoms with Gasteiger partial charge in [-0.05, 0) is 12.5 Å². The molecule has 6 heteroatoms. The molecule has 0 radical (unpaired) electrons. The number of aromatic nitrogens is 4. The fourth-order valence-electron chi connectivity index (χ4n) is 3.00. The van der Waals surface area contributed by atoms with Crippen molar-refractivity contribution in [3.8, 4) is 0 Å². The third kappa shape index (κ3) is 2.21. The maximum Gasteiger partial charge on any atom is 0.332 e. The molecule has 0 saturated carbocycles. The van der Waals surface area contributed by atoms with Gasteiger partial charge in [0.1, 0.15) is 5.82 Å². The zero-order valence-corrected chi connectivity index (χ0v) is 13.8. The van der Waals surface area contributed by atoms with Crippen molar-refractivity contribution < 1.29 is 0 Å². The van der Waals surface area contributed by atoms with E-state index in [0.717, 1.165) is 16.0 Å². The lowest BCUT2D eigenvalue weighted by atomic mass is 10.0. The van der Waals surface area contributed by atoms with Crippen molar-refractivity contribution in [1.82, 2.24) is 18.7 Å². The summed E-state index contributed by atoms with van der Waals surface area (Å²) in [5, 5.41) is 0. The van der Waals surface area contributed by atoms with E-state index in [1.165, 1.54) is 11.6 Å². The first-order valence-electron chi connectivity index (χ1n) is 7.68. The van der Waals surface area contributed by atoms with E-state index < -0.39 is 0 Å². The van der Waals surface area contributed by atoms with Gasteiger partial charge in [-0.3, -0.25) is 13.9 Å². The van der Waals surface area contributed by atoms with Crippen LogP contribution in [-0.2, 0) is 20.6 Å². The van der Waals surface area contributed by atoms with Crippen LogP contribution in [0.2, 0.25) is 0 Å². The zero-order valence-electron chi connectivity index (χ0n) is 13.8. The van der Waals surface area contributed by atoms with Crippen molar-refractivity contribution in [3.63, 3.8) is 0 Å². The molecule has 1 aromatic carbocycles. The molecule has 2 aromatic heterocycles. The number of nitrogens with zero attached hydrogens (tertiary/aromatic N) is 4. The number of benzene rings is 1. The molecule has 2 heterocycles. The normalized spacial score (nSPS) is 12.7. The van der Waals surface area contributed by atoms with Gasteiger partial charge in [0.2, 0.25) is 0 Å². The fraction of sp³-hybridized carbons (Fsp3) is 0.353. The van der Waals surface area contributed by atoms with Gasteiger partial charge in [0.05, 0.1) is 0 Å². The van der Waals surface area contributed by atoms with Gasteiger partial charge in [-0.2, -0.15) is 0 Å². The number of rotatable bonds is 3. The number of hydrogen-bond acceptors (Lipinski definition) is 3. The van der Waals surface area contributed by atoms with Crippen molar-refractivity contribution in [2.75, 3.05) is 0 Å². The lowest BCUT2D eigenvalue weighted by Crippen LogP contribution is -2.37. The summed E-state index contributed by atoms with van der Waals surface area (Å²) in [6.45, 7) is 4.66. The van der Waals surface area contributed by atoms with Crippen LogP contribution in [0.25, 0.3) is 11.2 Å². The number of aryl methyl sites for hydroxylation is 2. The van der Waals surface area contributed by atoms with Crippen LogP contribution in [0.3, 0.4) is 0 Å². The van der Waals surface area contributed by atoms with E-state index in [9.17, 15) is 9.59 Å². The standard InChI is InChI=1S/C17H20N4O2/c1-5-21-13-15(19(3)17(23)20(4)16(13)22)18-14(21)11(2)12-9-7-6-8-10-12/h6-11H,5H2,1-4H3. The van der Waals surface area contributed by atoms with E-state index in [1.54, 1.807) is 7.05 Å². The average molecular weight is 312 g/mol. The van der Waals surface area contributed by atoms with Crippen molar-refractivity contribution in [2.24, 2.45) is 14.1 Å². The van der Waals surface area contributed by atoms with Crippen molar-refractivity contribution in [2.45, 2.75) is 26.3 Å². The van der Waals surface area contributed by atoms with Crippen LogP contribution in [0.5, 0.6) is 0 Å². The first-order valence-corrected chi connectivity index (χ1v) is 7.68. The Labute approximate surface area is 133 Å². The molecule has 0 aliphatic rings. The molecular formula is C17H20N4O2. The summed E-state index contributed by atoms with van der Waals surface area (Å²) in [5.74, 6) is 0.829. The summed E-state index contributed by atoms with van der Waals surface area (Å²) >= 11 is 0. The van der Waals surface area contributed by atoms with E-state index in [4.69, 9.17) is 0 Å². The average Bonchev–Trinajstić information content (AvgIpc) is 2.97. The van der Waals surface area contributed by atoms with Gasteiger partial charge in [-0.25, -0.2) is 9.78 Å². The third-order valence-corrected chi connectivity index (χ3v) is 4.38. The first-order chi connectivity index (χ1) is 11.0. The molecule has 1 unspecified atom stereocenters. The molecule has 0 fully saturated rings. The third-order valence-electron chi connectivity index (χ3n) is 4.38. The zero-order chi connectivity index (χ0) is 16.7. The summed E-state index contributed by atoms with van der Waals surface area (Å²) in [4.78, 5) is 29.3. The molecule has 0 bridgehead atoms. The van der Waals surface area contributed by atoms with Gasteiger partial charge in [-0.15, -0.1) is 0 Å². The molecule has 6 nitrogen and oxygen atoms in total. The topological polar surface area (TPSA) is 61.8 Å². The SMILES string of the molecule is CCn1c(C(C)c2ccccc2)nc2c1c(=O)n(C)c(=O)n2C. The second kappa shape index (κ2) is 5.53. The van der Waals surface area contributed by atoms with E-state index in [2.05, 4.69) is 11.9 Å². The van der Waals surface area contributed by atoms with Crippen LogP contribution in [0, 0.1) is 0 Å². The van der Waals surface area contributed by atoms with Crippen LogP contribution < -0.4 is 11.2 Å². The molecule has 0 aliphatic heterocycles. The van der Waals surface area contributed by atoms with E-state index in [1.807, 2.05) is 41.8 Å². The number of imidazole rings is 1. The van der Waals surface area contributed by atoms with Crippen molar-refractivity contribution in [3.05, 3.63) is 62.6 Å². The van der Waals surface area contributed by atoms with Gasteiger partial charge in [0.15, 0.2) is 11.2 Å². The van der Waals surface area contributed by atoms with Crippen molar-refractivity contribution >= 4 is 11.2 Å². The highest BCUT2D eigenvalue weighted by Gasteiger charge is 2.22. The first kappa shape index (κ1) is 15.3. The highest BCUT2D eigenvalue weighted by molar-refractivity contribution is 5.71. The summed E-state index contributed by atoms with van der Waals surface area (Å²) < 4.78 is 4.48. The monoisotopic (exact) mass is 312 g/mol. The Morgan fingerprint density at radius 1 is 1.09 bits per heavy atom. The Morgan fingerprint density at radius 3 is 2.35 bits per heavy atom. The second-order valence-corrected chi connectivity index (χ2v) is 5.72. The van der Waals surface area contributed by atoms with Gasteiger partial charge >= 0.3 is 5.69 Å².